The summed E-state index contributed by atoms with van der Waals surface area (Å²) in [7, 11) is 0. The average Bonchev–Trinajstić information content (AvgIpc) is 3.13. The van der Waals surface area contributed by atoms with Crippen molar-refractivity contribution >= 4 is 27.8 Å². The summed E-state index contributed by atoms with van der Waals surface area (Å²) < 4.78 is 2.27. The molecule has 3 aromatic heterocycles. The minimum Gasteiger partial charge on any atom is -0.383 e. The maximum Gasteiger partial charge on any atom is 0.160 e. The maximum absolute atomic E-state index is 6.31. The highest BCUT2D eigenvalue weighted by Crippen LogP contribution is 2.40. The van der Waals surface area contributed by atoms with Gasteiger partial charge in [0.2, 0.25) is 0 Å². The molecule has 0 unspecified atom stereocenters. The van der Waals surface area contributed by atoms with Gasteiger partial charge in [-0.05, 0) is 37.8 Å². The van der Waals surface area contributed by atoms with Crippen LogP contribution in [-0.4, -0.2) is 24.5 Å². The molecular formula is C25H22N6. The molecule has 1 aliphatic rings. The third-order valence-corrected chi connectivity index (χ3v) is 6.34. The van der Waals surface area contributed by atoms with Crippen molar-refractivity contribution in [1.82, 2.24) is 24.5 Å². The van der Waals surface area contributed by atoms with E-state index in [1.54, 1.807) is 6.33 Å². The number of hydrogen-bond donors (Lipinski definition) is 1. The van der Waals surface area contributed by atoms with Crippen molar-refractivity contribution in [3.8, 4) is 22.5 Å². The highest BCUT2D eigenvalue weighted by atomic mass is 15.1. The summed E-state index contributed by atoms with van der Waals surface area (Å²) in [6.07, 6.45) is 7.36. The fourth-order valence-electron chi connectivity index (χ4n) is 4.44. The summed E-state index contributed by atoms with van der Waals surface area (Å²) in [5.74, 6) is 1.25. The third-order valence-electron chi connectivity index (χ3n) is 6.34. The summed E-state index contributed by atoms with van der Waals surface area (Å²) in [4.78, 5) is 18.4. The Kier molecular flexibility index (Phi) is 3.99. The molecular weight excluding hydrogens is 384 g/mol. The van der Waals surface area contributed by atoms with Gasteiger partial charge in [0.05, 0.1) is 10.9 Å². The molecule has 0 atom stereocenters. The van der Waals surface area contributed by atoms with E-state index < -0.39 is 0 Å². The Morgan fingerprint density at radius 3 is 2.58 bits per heavy atom. The fraction of sp³-hybridized carbons (Fsp3) is 0.200. The SMILES string of the molecule is Cc1nc(-c2ccccc2)nc2cc(-c3cn(C4CCC4)c4ncnc(N)c34)ccc12. The van der Waals surface area contributed by atoms with Gasteiger partial charge in [0, 0.05) is 34.4 Å². The molecule has 6 rings (SSSR count). The lowest BCUT2D eigenvalue weighted by atomic mass is 9.93. The van der Waals surface area contributed by atoms with Gasteiger partial charge in [-0.2, -0.15) is 0 Å². The monoisotopic (exact) mass is 406 g/mol. The first kappa shape index (κ1) is 18.0. The Morgan fingerprint density at radius 1 is 0.968 bits per heavy atom. The molecule has 0 amide bonds. The number of rotatable bonds is 3. The summed E-state index contributed by atoms with van der Waals surface area (Å²) in [6.45, 7) is 2.03. The second-order valence-electron chi connectivity index (χ2n) is 8.22. The van der Waals surface area contributed by atoms with Gasteiger partial charge in [-0.25, -0.2) is 19.9 Å². The molecule has 2 aromatic carbocycles. The van der Waals surface area contributed by atoms with Crippen molar-refractivity contribution in [3.05, 3.63) is 66.7 Å². The number of fused-ring (bicyclic) bond motifs is 2. The van der Waals surface area contributed by atoms with E-state index in [-0.39, 0.29) is 0 Å². The Morgan fingerprint density at radius 2 is 1.81 bits per heavy atom. The van der Waals surface area contributed by atoms with Crippen molar-refractivity contribution in [2.45, 2.75) is 32.2 Å². The van der Waals surface area contributed by atoms with Crippen LogP contribution in [0.25, 0.3) is 44.5 Å². The van der Waals surface area contributed by atoms with Crippen LogP contribution in [0.4, 0.5) is 5.82 Å². The predicted octanol–water partition coefficient (Wildman–Crippen LogP) is 5.32. The highest BCUT2D eigenvalue weighted by Gasteiger charge is 2.24. The van der Waals surface area contributed by atoms with Gasteiger partial charge in [0.15, 0.2) is 5.82 Å². The summed E-state index contributed by atoms with van der Waals surface area (Å²) >= 11 is 0. The number of nitrogens with two attached hydrogens (primary N) is 1. The van der Waals surface area contributed by atoms with Gasteiger partial charge < -0.3 is 10.3 Å². The smallest absolute Gasteiger partial charge is 0.160 e. The molecule has 1 fully saturated rings. The number of aryl methyl sites for hydroxylation is 1. The first-order valence-electron chi connectivity index (χ1n) is 10.6. The van der Waals surface area contributed by atoms with E-state index in [0.29, 0.717) is 11.9 Å². The van der Waals surface area contributed by atoms with Crippen molar-refractivity contribution in [3.63, 3.8) is 0 Å². The maximum atomic E-state index is 6.31. The Hall–Kier alpha value is -3.80. The van der Waals surface area contributed by atoms with Crippen LogP contribution < -0.4 is 5.73 Å². The van der Waals surface area contributed by atoms with Gasteiger partial charge in [-0.3, -0.25) is 0 Å². The van der Waals surface area contributed by atoms with Crippen LogP contribution in [0.2, 0.25) is 0 Å². The van der Waals surface area contributed by atoms with E-state index >= 15 is 0 Å². The lowest BCUT2D eigenvalue weighted by Crippen LogP contribution is -2.16. The van der Waals surface area contributed by atoms with Crippen LogP contribution in [0.1, 0.15) is 31.0 Å². The standard InChI is InChI=1S/C25H22N6/c1-15-19-11-10-17(12-21(19)30-24(29-15)16-6-3-2-4-7-16)20-13-31(18-8-5-9-18)25-22(20)23(26)27-14-28-25/h2-4,6-7,10-14,18H,5,8-9H2,1H3,(H2,26,27,28). The quantitative estimate of drug-likeness (QED) is 0.438. The van der Waals surface area contributed by atoms with Crippen LogP contribution in [0.5, 0.6) is 0 Å². The molecule has 0 spiro atoms. The van der Waals surface area contributed by atoms with Crippen LogP contribution in [0.15, 0.2) is 61.1 Å². The van der Waals surface area contributed by atoms with Gasteiger partial charge in [-0.15, -0.1) is 0 Å². The van der Waals surface area contributed by atoms with Crippen LogP contribution in [-0.2, 0) is 0 Å². The zero-order valence-electron chi connectivity index (χ0n) is 17.3. The van der Waals surface area contributed by atoms with Gasteiger partial charge in [-0.1, -0.05) is 42.5 Å². The van der Waals surface area contributed by atoms with Crippen LogP contribution in [0.3, 0.4) is 0 Å². The molecule has 5 aromatic rings. The van der Waals surface area contributed by atoms with Gasteiger partial charge in [0.1, 0.15) is 17.8 Å². The number of aromatic nitrogens is 5. The molecule has 2 N–H and O–H groups in total. The van der Waals surface area contributed by atoms with E-state index in [1.807, 2.05) is 37.3 Å². The third kappa shape index (κ3) is 2.86. The van der Waals surface area contributed by atoms with Crippen LogP contribution in [0, 0.1) is 6.92 Å². The second-order valence-corrected chi connectivity index (χ2v) is 8.22. The molecule has 0 radical (unpaired) electrons. The topological polar surface area (TPSA) is 82.5 Å². The normalized spacial score (nSPS) is 14.2. The number of nitrogens with zero attached hydrogens (tertiary/aromatic N) is 5. The van der Waals surface area contributed by atoms with Gasteiger partial charge in [0.25, 0.3) is 0 Å². The average molecular weight is 406 g/mol. The first-order valence-corrected chi connectivity index (χ1v) is 10.6. The van der Waals surface area contributed by atoms with Crippen molar-refractivity contribution < 1.29 is 0 Å². The minimum atomic E-state index is 0.486. The van der Waals surface area contributed by atoms with E-state index in [4.69, 9.17) is 15.7 Å². The molecule has 0 bridgehead atoms. The lowest BCUT2D eigenvalue weighted by Gasteiger charge is -2.27. The number of nitrogen functional groups attached to an aromatic ring is 1. The Labute approximate surface area is 179 Å². The molecule has 0 aliphatic heterocycles. The highest BCUT2D eigenvalue weighted by molar-refractivity contribution is 6.02. The fourth-order valence-corrected chi connectivity index (χ4v) is 4.44. The molecule has 1 aliphatic carbocycles. The predicted molar refractivity (Wildman–Crippen MR) is 124 cm³/mol. The lowest BCUT2D eigenvalue weighted by molar-refractivity contribution is 0.320. The molecule has 6 heteroatoms. The van der Waals surface area contributed by atoms with E-state index in [0.717, 1.165) is 50.1 Å². The summed E-state index contributed by atoms with van der Waals surface area (Å²) in [5, 5.41) is 1.97. The number of benzene rings is 2. The molecule has 0 saturated heterocycles. The Bertz CT molecular complexity index is 1430. The number of hydrogen-bond acceptors (Lipinski definition) is 5. The summed E-state index contributed by atoms with van der Waals surface area (Å²) in [5.41, 5.74) is 12.2. The van der Waals surface area contributed by atoms with Crippen LogP contribution >= 0.6 is 0 Å². The Balaban J connectivity index is 1.56. The van der Waals surface area contributed by atoms with Crippen molar-refractivity contribution in [2.24, 2.45) is 0 Å². The largest absolute Gasteiger partial charge is 0.383 e. The summed E-state index contributed by atoms with van der Waals surface area (Å²) in [6, 6.07) is 16.9. The zero-order valence-corrected chi connectivity index (χ0v) is 17.3. The number of anilines is 1. The van der Waals surface area contributed by atoms with E-state index in [2.05, 4.69) is 38.9 Å². The van der Waals surface area contributed by atoms with E-state index in [9.17, 15) is 0 Å². The van der Waals surface area contributed by atoms with E-state index in [1.165, 1.54) is 19.3 Å². The second kappa shape index (κ2) is 6.87. The van der Waals surface area contributed by atoms with Crippen molar-refractivity contribution in [1.29, 1.82) is 0 Å². The molecule has 3 heterocycles. The van der Waals surface area contributed by atoms with Gasteiger partial charge >= 0.3 is 0 Å². The zero-order chi connectivity index (χ0) is 20.9. The molecule has 152 valence electrons. The first-order chi connectivity index (χ1) is 15.2. The molecule has 31 heavy (non-hydrogen) atoms. The molecule has 1 saturated carbocycles. The van der Waals surface area contributed by atoms with Crippen molar-refractivity contribution in [2.75, 3.05) is 5.73 Å². The molecule has 6 nitrogen and oxygen atoms in total. The minimum absolute atomic E-state index is 0.486.